The highest BCUT2D eigenvalue weighted by Crippen LogP contribution is 2.19. The average molecular weight is 250 g/mol. The lowest BCUT2D eigenvalue weighted by Gasteiger charge is -2.10. The highest BCUT2D eigenvalue weighted by Gasteiger charge is 2.11. The maximum atomic E-state index is 12.1. The molecule has 0 saturated carbocycles. The summed E-state index contributed by atoms with van der Waals surface area (Å²) in [6, 6.07) is 6.05. The average Bonchev–Trinajstić information content (AvgIpc) is 2.26. The van der Waals surface area contributed by atoms with Gasteiger partial charge in [-0.1, -0.05) is 44.0 Å². The maximum Gasteiger partial charge on any atom is 0.172 e. The first-order valence-electron chi connectivity index (χ1n) is 6.26. The zero-order valence-corrected chi connectivity index (χ0v) is 12.1. The van der Waals surface area contributed by atoms with Gasteiger partial charge in [0.25, 0.3) is 0 Å². The van der Waals surface area contributed by atoms with E-state index in [0.29, 0.717) is 11.0 Å². The summed E-state index contributed by atoms with van der Waals surface area (Å²) in [7, 11) is 0. The van der Waals surface area contributed by atoms with Crippen molar-refractivity contribution in [2.24, 2.45) is 0 Å². The van der Waals surface area contributed by atoms with E-state index in [1.807, 2.05) is 19.1 Å². The number of ketones is 1. The minimum Gasteiger partial charge on any atom is -0.293 e. The van der Waals surface area contributed by atoms with Crippen molar-refractivity contribution in [3.8, 4) is 0 Å². The van der Waals surface area contributed by atoms with E-state index in [2.05, 4.69) is 26.8 Å². The molecule has 1 unspecified atom stereocenters. The van der Waals surface area contributed by atoms with Gasteiger partial charge in [-0.2, -0.15) is 11.8 Å². The molecule has 1 aromatic carbocycles. The normalized spacial score (nSPS) is 12.5. The summed E-state index contributed by atoms with van der Waals surface area (Å²) < 4.78 is 0. The van der Waals surface area contributed by atoms with Crippen LogP contribution in [0.4, 0.5) is 0 Å². The van der Waals surface area contributed by atoms with Crippen LogP contribution in [0.2, 0.25) is 0 Å². The molecule has 0 spiro atoms. The van der Waals surface area contributed by atoms with Crippen molar-refractivity contribution >= 4 is 17.5 Å². The first-order chi connectivity index (χ1) is 8.04. The van der Waals surface area contributed by atoms with Crippen LogP contribution in [0.15, 0.2) is 18.2 Å². The maximum absolute atomic E-state index is 12.1. The number of thioether (sulfide) groups is 1. The summed E-state index contributed by atoms with van der Waals surface area (Å²) in [4.78, 5) is 12.1. The second-order valence-electron chi connectivity index (χ2n) is 4.65. The molecule has 1 aromatic rings. The smallest absolute Gasteiger partial charge is 0.172 e. The van der Waals surface area contributed by atoms with E-state index in [0.717, 1.165) is 11.1 Å². The number of benzene rings is 1. The van der Waals surface area contributed by atoms with Crippen LogP contribution in [0, 0.1) is 13.8 Å². The van der Waals surface area contributed by atoms with Gasteiger partial charge in [-0.3, -0.25) is 4.79 Å². The lowest BCUT2D eigenvalue weighted by molar-refractivity contribution is 0.102. The number of carbonyl (C=O) groups excluding carboxylic acids is 1. The third kappa shape index (κ3) is 4.55. The highest BCUT2D eigenvalue weighted by molar-refractivity contribution is 8.00. The van der Waals surface area contributed by atoms with Gasteiger partial charge in [0.15, 0.2) is 5.78 Å². The first-order valence-corrected chi connectivity index (χ1v) is 7.31. The van der Waals surface area contributed by atoms with E-state index >= 15 is 0 Å². The van der Waals surface area contributed by atoms with Gasteiger partial charge < -0.3 is 0 Å². The number of hydrogen-bond acceptors (Lipinski definition) is 2. The second kappa shape index (κ2) is 6.85. The van der Waals surface area contributed by atoms with Crippen molar-refractivity contribution in [3.63, 3.8) is 0 Å². The van der Waals surface area contributed by atoms with Crippen LogP contribution in [0.5, 0.6) is 0 Å². The van der Waals surface area contributed by atoms with Gasteiger partial charge >= 0.3 is 0 Å². The molecule has 0 aromatic heterocycles. The van der Waals surface area contributed by atoms with Crippen LogP contribution in [0.1, 0.15) is 48.2 Å². The summed E-state index contributed by atoms with van der Waals surface area (Å²) >= 11 is 1.77. The predicted octanol–water partition coefficient (Wildman–Crippen LogP) is 4.41. The van der Waals surface area contributed by atoms with Gasteiger partial charge in [-0.15, -0.1) is 0 Å². The molecular formula is C15H22OS. The van der Waals surface area contributed by atoms with Crippen LogP contribution in [0.3, 0.4) is 0 Å². The number of hydrogen-bond donors (Lipinski definition) is 0. The Morgan fingerprint density at radius 3 is 2.65 bits per heavy atom. The first kappa shape index (κ1) is 14.3. The largest absolute Gasteiger partial charge is 0.293 e. The van der Waals surface area contributed by atoms with Gasteiger partial charge in [0.05, 0.1) is 5.75 Å². The van der Waals surface area contributed by atoms with Crippen molar-refractivity contribution in [3.05, 3.63) is 34.9 Å². The van der Waals surface area contributed by atoms with Crippen LogP contribution in [-0.4, -0.2) is 16.8 Å². The number of Topliss-reactive ketones (excluding diaryl/α,β-unsaturated/α-hetero) is 1. The standard InChI is InChI=1S/C15H22OS/c1-5-6-13(4)17-10-15(16)14-8-7-11(2)9-12(14)3/h7-9,13H,5-6,10H2,1-4H3. The van der Waals surface area contributed by atoms with Crippen molar-refractivity contribution in [1.82, 2.24) is 0 Å². The fourth-order valence-electron chi connectivity index (χ4n) is 1.91. The van der Waals surface area contributed by atoms with Crippen molar-refractivity contribution in [2.45, 2.75) is 45.8 Å². The summed E-state index contributed by atoms with van der Waals surface area (Å²) in [5.74, 6) is 0.862. The number of carbonyl (C=O) groups is 1. The van der Waals surface area contributed by atoms with Crippen LogP contribution >= 0.6 is 11.8 Å². The fraction of sp³-hybridized carbons (Fsp3) is 0.533. The Hall–Kier alpha value is -0.760. The zero-order valence-electron chi connectivity index (χ0n) is 11.2. The Kier molecular flexibility index (Phi) is 5.76. The third-order valence-corrected chi connectivity index (χ3v) is 4.11. The summed E-state index contributed by atoms with van der Waals surface area (Å²) in [5.41, 5.74) is 3.19. The molecule has 0 fully saturated rings. The lowest BCUT2D eigenvalue weighted by atomic mass is 10.0. The molecule has 0 aliphatic rings. The molecule has 0 radical (unpaired) electrons. The Labute approximate surface area is 109 Å². The minimum atomic E-state index is 0.260. The van der Waals surface area contributed by atoms with Gasteiger partial charge in [0, 0.05) is 10.8 Å². The molecule has 0 saturated heterocycles. The molecule has 1 rings (SSSR count). The van der Waals surface area contributed by atoms with E-state index < -0.39 is 0 Å². The summed E-state index contributed by atoms with van der Waals surface area (Å²) in [6.45, 7) is 8.45. The van der Waals surface area contributed by atoms with Crippen LogP contribution in [-0.2, 0) is 0 Å². The molecule has 0 heterocycles. The Morgan fingerprint density at radius 1 is 1.35 bits per heavy atom. The van der Waals surface area contributed by atoms with E-state index in [9.17, 15) is 4.79 Å². The summed E-state index contributed by atoms with van der Waals surface area (Å²) in [5, 5.41) is 0.578. The Balaban J connectivity index is 2.58. The van der Waals surface area contributed by atoms with Crippen LogP contribution in [0.25, 0.3) is 0 Å². The Morgan fingerprint density at radius 2 is 2.06 bits per heavy atom. The SMILES string of the molecule is CCCC(C)SCC(=O)c1ccc(C)cc1C. The minimum absolute atomic E-state index is 0.260. The molecule has 0 aliphatic heterocycles. The topological polar surface area (TPSA) is 17.1 Å². The van der Waals surface area contributed by atoms with Gasteiger partial charge in [-0.05, 0) is 25.8 Å². The zero-order chi connectivity index (χ0) is 12.8. The van der Waals surface area contributed by atoms with E-state index in [1.54, 1.807) is 11.8 Å². The Bertz CT molecular complexity index is 385. The molecule has 17 heavy (non-hydrogen) atoms. The quantitative estimate of drug-likeness (QED) is 0.696. The van der Waals surface area contributed by atoms with E-state index in [1.165, 1.54) is 18.4 Å². The fourth-order valence-corrected chi connectivity index (χ4v) is 2.91. The van der Waals surface area contributed by atoms with E-state index in [4.69, 9.17) is 0 Å². The van der Waals surface area contributed by atoms with Crippen LogP contribution < -0.4 is 0 Å². The van der Waals surface area contributed by atoms with Crippen molar-refractivity contribution < 1.29 is 4.79 Å². The van der Waals surface area contributed by atoms with Crippen molar-refractivity contribution in [2.75, 3.05) is 5.75 Å². The van der Waals surface area contributed by atoms with Crippen molar-refractivity contribution in [1.29, 1.82) is 0 Å². The highest BCUT2D eigenvalue weighted by atomic mass is 32.2. The molecule has 0 bridgehead atoms. The van der Waals surface area contributed by atoms with E-state index in [-0.39, 0.29) is 5.78 Å². The molecular weight excluding hydrogens is 228 g/mol. The second-order valence-corrected chi connectivity index (χ2v) is 6.08. The molecule has 94 valence electrons. The van der Waals surface area contributed by atoms with Gasteiger partial charge in [0.2, 0.25) is 0 Å². The molecule has 0 amide bonds. The number of rotatable bonds is 6. The molecule has 1 atom stereocenters. The van der Waals surface area contributed by atoms with Gasteiger partial charge in [0.1, 0.15) is 0 Å². The summed E-state index contributed by atoms with van der Waals surface area (Å²) in [6.07, 6.45) is 2.37. The molecule has 0 N–H and O–H groups in total. The molecule has 1 nitrogen and oxygen atoms in total. The monoisotopic (exact) mass is 250 g/mol. The molecule has 2 heteroatoms. The molecule has 0 aliphatic carbocycles. The third-order valence-electron chi connectivity index (χ3n) is 2.88. The lowest BCUT2D eigenvalue weighted by Crippen LogP contribution is -2.08. The number of aryl methyl sites for hydroxylation is 2. The predicted molar refractivity (Wildman–Crippen MR) is 77.1 cm³/mol. The van der Waals surface area contributed by atoms with Gasteiger partial charge in [-0.25, -0.2) is 0 Å².